The highest BCUT2D eigenvalue weighted by molar-refractivity contribution is 5.54. The molecular formula is C11H12F3NO3. The molecule has 7 heteroatoms. The normalized spacial score (nSPS) is 15.8. The van der Waals surface area contributed by atoms with Gasteiger partial charge in [0.1, 0.15) is 0 Å². The van der Waals surface area contributed by atoms with Crippen LogP contribution in [0.1, 0.15) is 23.6 Å². The van der Waals surface area contributed by atoms with Gasteiger partial charge in [0.25, 0.3) is 0 Å². The summed E-state index contributed by atoms with van der Waals surface area (Å²) in [6, 6.07) is 1.17. The van der Waals surface area contributed by atoms with E-state index in [0.29, 0.717) is 0 Å². The number of aliphatic hydroxyl groups is 1. The number of halogens is 3. The zero-order valence-electron chi connectivity index (χ0n) is 9.33. The van der Waals surface area contributed by atoms with Crippen molar-refractivity contribution in [3.05, 3.63) is 23.3 Å². The molecule has 0 amide bonds. The lowest BCUT2D eigenvalue weighted by atomic mass is 9.96. The van der Waals surface area contributed by atoms with Crippen LogP contribution in [0.15, 0.2) is 12.1 Å². The number of fused-ring (bicyclic) bond motifs is 1. The Labute approximate surface area is 101 Å². The van der Waals surface area contributed by atoms with Crippen molar-refractivity contribution in [2.75, 3.05) is 13.4 Å². The minimum absolute atomic E-state index is 0.0168. The van der Waals surface area contributed by atoms with E-state index in [4.69, 9.17) is 20.3 Å². The quantitative estimate of drug-likeness (QED) is 0.873. The molecule has 100 valence electrons. The largest absolute Gasteiger partial charge is 0.454 e. The smallest absolute Gasteiger partial charge is 0.416 e. The van der Waals surface area contributed by atoms with E-state index in [-0.39, 0.29) is 36.9 Å². The molecule has 3 N–H and O–H groups in total. The lowest BCUT2D eigenvalue weighted by molar-refractivity contribution is -0.138. The Bertz CT molecular complexity index is 448. The topological polar surface area (TPSA) is 64.7 Å². The SMILES string of the molecule is NC(CCO)c1c(C(F)(F)F)ccc2c1OCO2. The number of ether oxygens (including phenoxy) is 2. The van der Waals surface area contributed by atoms with E-state index >= 15 is 0 Å². The van der Waals surface area contributed by atoms with Crippen molar-refractivity contribution in [1.82, 2.24) is 0 Å². The van der Waals surface area contributed by atoms with Crippen LogP contribution in [-0.2, 0) is 6.18 Å². The molecule has 1 aliphatic heterocycles. The van der Waals surface area contributed by atoms with Gasteiger partial charge in [0.15, 0.2) is 11.5 Å². The Morgan fingerprint density at radius 3 is 2.67 bits per heavy atom. The van der Waals surface area contributed by atoms with Gasteiger partial charge in [-0.3, -0.25) is 0 Å². The number of hydrogen-bond acceptors (Lipinski definition) is 4. The Morgan fingerprint density at radius 2 is 2.06 bits per heavy atom. The maximum atomic E-state index is 12.9. The Hall–Kier alpha value is -1.47. The highest BCUT2D eigenvalue weighted by Crippen LogP contribution is 2.45. The van der Waals surface area contributed by atoms with E-state index < -0.39 is 17.8 Å². The number of aliphatic hydroxyl groups excluding tert-OH is 1. The summed E-state index contributed by atoms with van der Waals surface area (Å²) in [6.07, 6.45) is -4.51. The molecule has 1 aliphatic rings. The van der Waals surface area contributed by atoms with E-state index in [1.165, 1.54) is 6.07 Å². The maximum Gasteiger partial charge on any atom is 0.416 e. The molecule has 0 aliphatic carbocycles. The van der Waals surface area contributed by atoms with Crippen LogP contribution in [0, 0.1) is 0 Å². The molecule has 18 heavy (non-hydrogen) atoms. The van der Waals surface area contributed by atoms with E-state index in [1.54, 1.807) is 0 Å². The first-order chi connectivity index (χ1) is 8.45. The summed E-state index contributed by atoms with van der Waals surface area (Å²) in [5, 5.41) is 8.81. The second kappa shape index (κ2) is 4.66. The first kappa shape index (κ1) is 13.0. The Kier molecular flexibility index (Phi) is 3.36. The molecule has 1 atom stereocenters. The fourth-order valence-corrected chi connectivity index (χ4v) is 1.89. The molecule has 0 radical (unpaired) electrons. The molecule has 0 bridgehead atoms. The molecule has 2 rings (SSSR count). The van der Waals surface area contributed by atoms with Gasteiger partial charge in [0.2, 0.25) is 6.79 Å². The van der Waals surface area contributed by atoms with Gasteiger partial charge in [-0.15, -0.1) is 0 Å². The minimum atomic E-state index is -4.52. The highest BCUT2D eigenvalue weighted by atomic mass is 19.4. The molecule has 4 nitrogen and oxygen atoms in total. The predicted octanol–water partition coefficient (Wildman–Crippen LogP) is 1.82. The number of rotatable bonds is 3. The molecule has 0 fully saturated rings. The third-order valence-electron chi connectivity index (χ3n) is 2.69. The summed E-state index contributed by atoms with van der Waals surface area (Å²) in [5.41, 5.74) is 4.67. The zero-order valence-corrected chi connectivity index (χ0v) is 9.33. The predicted molar refractivity (Wildman–Crippen MR) is 56.2 cm³/mol. The van der Waals surface area contributed by atoms with Crippen LogP contribution in [0.2, 0.25) is 0 Å². The summed E-state index contributed by atoms with van der Waals surface area (Å²) in [6.45, 7) is -0.432. The second-order valence-corrected chi connectivity index (χ2v) is 3.88. The van der Waals surface area contributed by atoms with E-state index in [9.17, 15) is 13.2 Å². The third-order valence-corrected chi connectivity index (χ3v) is 2.69. The fraction of sp³-hybridized carbons (Fsp3) is 0.455. The van der Waals surface area contributed by atoms with Crippen molar-refractivity contribution < 1.29 is 27.8 Å². The van der Waals surface area contributed by atoms with Crippen molar-refractivity contribution in [3.8, 4) is 11.5 Å². The molecular weight excluding hydrogens is 251 g/mol. The fourth-order valence-electron chi connectivity index (χ4n) is 1.89. The number of nitrogens with two attached hydrogens (primary N) is 1. The summed E-state index contributed by atoms with van der Waals surface area (Å²) >= 11 is 0. The number of benzene rings is 1. The summed E-state index contributed by atoms with van der Waals surface area (Å²) in [7, 11) is 0. The average Bonchev–Trinajstić information content (AvgIpc) is 2.74. The van der Waals surface area contributed by atoms with Crippen molar-refractivity contribution >= 4 is 0 Å². The van der Waals surface area contributed by atoms with E-state index in [1.807, 2.05) is 0 Å². The van der Waals surface area contributed by atoms with E-state index in [2.05, 4.69) is 0 Å². The molecule has 1 heterocycles. The standard InChI is InChI=1S/C11H12F3NO3/c12-11(13,14)6-1-2-8-10(18-5-17-8)9(6)7(15)3-4-16/h1-2,7,16H,3-5,15H2. The molecule has 0 aromatic heterocycles. The van der Waals surface area contributed by atoms with E-state index in [0.717, 1.165) is 6.07 Å². The summed E-state index contributed by atoms with van der Waals surface area (Å²) in [4.78, 5) is 0. The first-order valence-corrected chi connectivity index (χ1v) is 5.31. The molecule has 0 saturated carbocycles. The van der Waals surface area contributed by atoms with Gasteiger partial charge in [-0.05, 0) is 18.6 Å². The number of alkyl halides is 3. The summed E-state index contributed by atoms with van der Waals surface area (Å²) < 4.78 is 48.8. The lowest BCUT2D eigenvalue weighted by Gasteiger charge is -2.19. The monoisotopic (exact) mass is 263 g/mol. The number of hydrogen-bond donors (Lipinski definition) is 2. The van der Waals surface area contributed by atoms with Gasteiger partial charge in [-0.25, -0.2) is 0 Å². The van der Waals surface area contributed by atoms with Gasteiger partial charge in [-0.2, -0.15) is 13.2 Å². The third kappa shape index (κ3) is 2.23. The zero-order chi connectivity index (χ0) is 13.3. The highest BCUT2D eigenvalue weighted by Gasteiger charge is 2.38. The Balaban J connectivity index is 2.54. The molecule has 0 saturated heterocycles. The van der Waals surface area contributed by atoms with Gasteiger partial charge in [0.05, 0.1) is 5.56 Å². The van der Waals surface area contributed by atoms with Crippen molar-refractivity contribution in [2.24, 2.45) is 5.73 Å². The molecule has 1 unspecified atom stereocenters. The van der Waals surface area contributed by atoms with Crippen molar-refractivity contribution in [2.45, 2.75) is 18.6 Å². The van der Waals surface area contributed by atoms with Crippen LogP contribution >= 0.6 is 0 Å². The van der Waals surface area contributed by atoms with Gasteiger partial charge < -0.3 is 20.3 Å². The summed E-state index contributed by atoms with van der Waals surface area (Å²) in [5.74, 6) is 0.261. The van der Waals surface area contributed by atoms with Crippen LogP contribution in [0.3, 0.4) is 0 Å². The van der Waals surface area contributed by atoms with Crippen LogP contribution in [0.25, 0.3) is 0 Å². The first-order valence-electron chi connectivity index (χ1n) is 5.31. The lowest BCUT2D eigenvalue weighted by Crippen LogP contribution is -2.19. The van der Waals surface area contributed by atoms with Gasteiger partial charge in [0, 0.05) is 18.2 Å². The average molecular weight is 263 g/mol. The van der Waals surface area contributed by atoms with Gasteiger partial charge >= 0.3 is 6.18 Å². The minimum Gasteiger partial charge on any atom is -0.454 e. The second-order valence-electron chi connectivity index (χ2n) is 3.88. The molecule has 1 aromatic rings. The molecule has 0 spiro atoms. The van der Waals surface area contributed by atoms with Crippen LogP contribution in [0.4, 0.5) is 13.2 Å². The van der Waals surface area contributed by atoms with Crippen LogP contribution in [0.5, 0.6) is 11.5 Å². The van der Waals surface area contributed by atoms with Gasteiger partial charge in [-0.1, -0.05) is 0 Å². The van der Waals surface area contributed by atoms with Crippen molar-refractivity contribution in [1.29, 1.82) is 0 Å². The maximum absolute atomic E-state index is 12.9. The van der Waals surface area contributed by atoms with Crippen molar-refractivity contribution in [3.63, 3.8) is 0 Å². The van der Waals surface area contributed by atoms with Crippen LogP contribution < -0.4 is 15.2 Å². The molecule has 1 aromatic carbocycles. The Morgan fingerprint density at radius 1 is 1.33 bits per heavy atom. The van der Waals surface area contributed by atoms with Crippen LogP contribution in [-0.4, -0.2) is 18.5 Å².